The lowest BCUT2D eigenvalue weighted by Gasteiger charge is -2.30. The van der Waals surface area contributed by atoms with E-state index in [9.17, 15) is 4.79 Å². The summed E-state index contributed by atoms with van der Waals surface area (Å²) < 4.78 is 5.61. The number of nitrogens with two attached hydrogens (primary N) is 1. The summed E-state index contributed by atoms with van der Waals surface area (Å²) in [6.45, 7) is 2.74. The molecule has 0 bridgehead atoms. The van der Waals surface area contributed by atoms with Gasteiger partial charge in [-0.25, -0.2) is 0 Å². The minimum atomic E-state index is -0.266. The van der Waals surface area contributed by atoms with E-state index in [4.69, 9.17) is 10.5 Å². The molecule has 0 radical (unpaired) electrons. The van der Waals surface area contributed by atoms with E-state index in [1.807, 2.05) is 0 Å². The lowest BCUT2D eigenvalue weighted by molar-refractivity contribution is -0.133. The van der Waals surface area contributed by atoms with Crippen LogP contribution in [-0.2, 0) is 9.53 Å². The first-order valence-corrected chi connectivity index (χ1v) is 6.86. The quantitative estimate of drug-likeness (QED) is 0.779. The number of carbonyl (C=O) groups excluding carboxylic acids is 1. The first-order valence-electron chi connectivity index (χ1n) is 6.86. The zero-order valence-electron chi connectivity index (χ0n) is 10.7. The second-order valence-corrected chi connectivity index (χ2v) is 5.44. The summed E-state index contributed by atoms with van der Waals surface area (Å²) >= 11 is 0. The number of nitrogens with one attached hydrogen (secondary N) is 1. The van der Waals surface area contributed by atoms with E-state index in [0.717, 1.165) is 19.3 Å². The van der Waals surface area contributed by atoms with Gasteiger partial charge >= 0.3 is 0 Å². The monoisotopic (exact) mass is 240 g/mol. The van der Waals surface area contributed by atoms with Crippen molar-refractivity contribution >= 4 is 5.91 Å². The summed E-state index contributed by atoms with van der Waals surface area (Å²) in [5.41, 5.74) is 5.55. The van der Waals surface area contributed by atoms with E-state index in [-0.39, 0.29) is 18.1 Å². The summed E-state index contributed by atoms with van der Waals surface area (Å²) in [4.78, 5) is 12.0. The lowest BCUT2D eigenvalue weighted by atomic mass is 9.86. The SMILES string of the molecule is CC1CCCCC1NC(=O)C1CCC(CN)O1. The van der Waals surface area contributed by atoms with Crippen LogP contribution in [0.5, 0.6) is 0 Å². The molecular weight excluding hydrogens is 216 g/mol. The molecule has 1 heterocycles. The molecule has 1 aliphatic heterocycles. The summed E-state index contributed by atoms with van der Waals surface area (Å²) in [7, 11) is 0. The fourth-order valence-corrected chi connectivity index (χ4v) is 2.88. The highest BCUT2D eigenvalue weighted by molar-refractivity contribution is 5.81. The van der Waals surface area contributed by atoms with Gasteiger partial charge in [-0.15, -0.1) is 0 Å². The van der Waals surface area contributed by atoms with Crippen LogP contribution in [0, 0.1) is 5.92 Å². The Bertz CT molecular complexity index is 270. The highest BCUT2D eigenvalue weighted by Gasteiger charge is 2.32. The molecule has 4 unspecified atom stereocenters. The van der Waals surface area contributed by atoms with Crippen molar-refractivity contribution in [3.05, 3.63) is 0 Å². The van der Waals surface area contributed by atoms with Gasteiger partial charge in [-0.05, 0) is 31.6 Å². The van der Waals surface area contributed by atoms with Crippen LogP contribution in [-0.4, -0.2) is 30.7 Å². The third-order valence-corrected chi connectivity index (χ3v) is 4.10. The third-order valence-electron chi connectivity index (χ3n) is 4.10. The smallest absolute Gasteiger partial charge is 0.249 e. The van der Waals surface area contributed by atoms with E-state index in [1.54, 1.807) is 0 Å². The van der Waals surface area contributed by atoms with Crippen molar-refractivity contribution in [2.45, 2.75) is 63.7 Å². The van der Waals surface area contributed by atoms with Crippen LogP contribution in [0.15, 0.2) is 0 Å². The topological polar surface area (TPSA) is 64.4 Å². The Kier molecular flexibility index (Phi) is 4.40. The van der Waals surface area contributed by atoms with Crippen LogP contribution < -0.4 is 11.1 Å². The summed E-state index contributed by atoms with van der Waals surface area (Å²) in [6, 6.07) is 0.344. The van der Waals surface area contributed by atoms with Crippen LogP contribution in [0.25, 0.3) is 0 Å². The van der Waals surface area contributed by atoms with E-state index >= 15 is 0 Å². The molecule has 17 heavy (non-hydrogen) atoms. The van der Waals surface area contributed by atoms with Gasteiger partial charge in [-0.1, -0.05) is 19.8 Å². The van der Waals surface area contributed by atoms with E-state index in [2.05, 4.69) is 12.2 Å². The van der Waals surface area contributed by atoms with Crippen LogP contribution in [0.1, 0.15) is 45.4 Å². The maximum atomic E-state index is 12.0. The van der Waals surface area contributed by atoms with Crippen LogP contribution in [0.3, 0.4) is 0 Å². The normalized spacial score (nSPS) is 38.0. The minimum Gasteiger partial charge on any atom is -0.364 e. The van der Waals surface area contributed by atoms with Crippen LogP contribution in [0.4, 0.5) is 0 Å². The molecule has 2 fully saturated rings. The molecule has 4 atom stereocenters. The minimum absolute atomic E-state index is 0.0692. The number of hydrogen-bond donors (Lipinski definition) is 2. The summed E-state index contributed by atoms with van der Waals surface area (Å²) in [5, 5.41) is 3.15. The molecule has 0 spiro atoms. The molecule has 1 saturated heterocycles. The zero-order chi connectivity index (χ0) is 12.3. The van der Waals surface area contributed by atoms with Gasteiger partial charge < -0.3 is 15.8 Å². The highest BCUT2D eigenvalue weighted by Crippen LogP contribution is 2.25. The van der Waals surface area contributed by atoms with Crippen molar-refractivity contribution in [3.8, 4) is 0 Å². The molecule has 2 aliphatic rings. The Balaban J connectivity index is 1.80. The first-order chi connectivity index (χ1) is 8.20. The van der Waals surface area contributed by atoms with Gasteiger partial charge in [0, 0.05) is 12.6 Å². The lowest BCUT2D eigenvalue weighted by Crippen LogP contribution is -2.45. The Morgan fingerprint density at radius 3 is 2.71 bits per heavy atom. The summed E-state index contributed by atoms with van der Waals surface area (Å²) in [5.74, 6) is 0.666. The number of ether oxygens (including phenoxy) is 1. The highest BCUT2D eigenvalue weighted by atomic mass is 16.5. The molecule has 4 heteroatoms. The number of carbonyl (C=O) groups is 1. The molecule has 0 aromatic rings. The Morgan fingerprint density at radius 2 is 2.06 bits per heavy atom. The number of rotatable bonds is 3. The first kappa shape index (κ1) is 12.8. The van der Waals surface area contributed by atoms with Crippen molar-refractivity contribution in [2.75, 3.05) is 6.54 Å². The molecule has 2 rings (SSSR count). The van der Waals surface area contributed by atoms with Crippen molar-refractivity contribution in [2.24, 2.45) is 11.7 Å². The molecule has 0 aromatic heterocycles. The summed E-state index contributed by atoms with van der Waals surface area (Å²) in [6.07, 6.45) is 6.40. The van der Waals surface area contributed by atoms with Crippen molar-refractivity contribution in [1.82, 2.24) is 5.32 Å². The molecule has 1 aliphatic carbocycles. The Labute approximate surface area is 103 Å². The number of hydrogen-bond acceptors (Lipinski definition) is 3. The second kappa shape index (κ2) is 5.83. The fourth-order valence-electron chi connectivity index (χ4n) is 2.88. The standard InChI is InChI=1S/C13H24N2O2/c1-9-4-2-3-5-11(9)15-13(16)12-7-6-10(8-14)17-12/h9-12H,2-8,14H2,1H3,(H,15,16). The molecular formula is C13H24N2O2. The molecule has 0 aromatic carbocycles. The Hall–Kier alpha value is -0.610. The average Bonchev–Trinajstić information content (AvgIpc) is 2.81. The van der Waals surface area contributed by atoms with Crippen LogP contribution >= 0.6 is 0 Å². The maximum Gasteiger partial charge on any atom is 0.249 e. The molecule has 4 nitrogen and oxygen atoms in total. The second-order valence-electron chi connectivity index (χ2n) is 5.44. The Morgan fingerprint density at radius 1 is 1.29 bits per heavy atom. The van der Waals surface area contributed by atoms with Crippen molar-refractivity contribution in [1.29, 1.82) is 0 Å². The van der Waals surface area contributed by atoms with Gasteiger partial charge in [0.15, 0.2) is 0 Å². The predicted molar refractivity (Wildman–Crippen MR) is 66.5 cm³/mol. The molecule has 1 amide bonds. The van der Waals surface area contributed by atoms with Gasteiger partial charge in [0.05, 0.1) is 6.10 Å². The molecule has 3 N–H and O–H groups in total. The van der Waals surface area contributed by atoms with Gasteiger partial charge in [-0.3, -0.25) is 4.79 Å². The largest absolute Gasteiger partial charge is 0.364 e. The zero-order valence-corrected chi connectivity index (χ0v) is 10.7. The van der Waals surface area contributed by atoms with E-state index in [0.29, 0.717) is 18.5 Å². The van der Waals surface area contributed by atoms with Gasteiger partial charge in [0.25, 0.3) is 0 Å². The van der Waals surface area contributed by atoms with E-state index < -0.39 is 0 Å². The van der Waals surface area contributed by atoms with Crippen molar-refractivity contribution < 1.29 is 9.53 Å². The van der Waals surface area contributed by atoms with Crippen molar-refractivity contribution in [3.63, 3.8) is 0 Å². The molecule has 1 saturated carbocycles. The average molecular weight is 240 g/mol. The van der Waals surface area contributed by atoms with Gasteiger partial charge in [0.2, 0.25) is 5.91 Å². The third kappa shape index (κ3) is 3.19. The van der Waals surface area contributed by atoms with Gasteiger partial charge in [-0.2, -0.15) is 0 Å². The fraction of sp³-hybridized carbons (Fsp3) is 0.923. The predicted octanol–water partition coefficient (Wildman–Crippen LogP) is 1.19. The van der Waals surface area contributed by atoms with Crippen LogP contribution in [0.2, 0.25) is 0 Å². The van der Waals surface area contributed by atoms with E-state index in [1.165, 1.54) is 19.3 Å². The van der Waals surface area contributed by atoms with Gasteiger partial charge in [0.1, 0.15) is 6.10 Å². The maximum absolute atomic E-state index is 12.0. The number of amides is 1. The molecule has 98 valence electrons.